The van der Waals surface area contributed by atoms with Gasteiger partial charge in [-0.05, 0) is 17.9 Å². The number of nitrogens with zero attached hydrogens (tertiary/aromatic N) is 1. The van der Waals surface area contributed by atoms with E-state index >= 15 is 0 Å². The SMILES string of the molecule is [2H]CO[C@@H]1c2c(n(O[2H])c3ccccc23)C(C)(C)CC1(C)C. The molecule has 1 aromatic carbocycles. The van der Waals surface area contributed by atoms with Gasteiger partial charge in [0.2, 0.25) is 0 Å². The van der Waals surface area contributed by atoms with Crippen LogP contribution in [0.3, 0.4) is 0 Å². The largest absolute Gasteiger partial charge is 0.428 e. The van der Waals surface area contributed by atoms with Gasteiger partial charge in [0.15, 0.2) is 0 Å². The Kier molecular flexibility index (Phi) is 2.25. The zero-order chi connectivity index (χ0) is 16.1. The maximum absolute atomic E-state index is 7.52. The number of rotatable bonds is 2. The zero-order valence-corrected chi connectivity index (χ0v) is 12.6. The maximum Gasteiger partial charge on any atom is 0.327 e. The van der Waals surface area contributed by atoms with Gasteiger partial charge >= 0.3 is 1.43 Å². The number of ether oxygens (including phenoxy) is 1. The lowest BCUT2D eigenvalue weighted by Crippen LogP contribution is -2.39. The third-order valence-electron chi connectivity index (χ3n) is 4.55. The van der Waals surface area contributed by atoms with E-state index in [2.05, 4.69) is 27.7 Å². The Hall–Kier alpha value is -1.48. The van der Waals surface area contributed by atoms with Crippen molar-refractivity contribution >= 4 is 10.9 Å². The minimum absolute atomic E-state index is 0.0742. The number of hydrogen-bond donors (Lipinski definition) is 1. The summed E-state index contributed by atoms with van der Waals surface area (Å²) in [7, 11) is -0.0742. The van der Waals surface area contributed by atoms with Gasteiger partial charge in [-0.25, -0.2) is 0 Å². The van der Waals surface area contributed by atoms with Gasteiger partial charge in [-0.1, -0.05) is 45.9 Å². The highest BCUT2D eigenvalue weighted by Gasteiger charge is 2.48. The van der Waals surface area contributed by atoms with Crippen molar-refractivity contribution in [2.24, 2.45) is 5.41 Å². The van der Waals surface area contributed by atoms with E-state index in [4.69, 9.17) is 12.7 Å². The molecule has 0 radical (unpaired) electrons. The van der Waals surface area contributed by atoms with Crippen molar-refractivity contribution in [3.63, 3.8) is 0 Å². The van der Waals surface area contributed by atoms with E-state index in [1.165, 1.54) is 0 Å². The smallest absolute Gasteiger partial charge is 0.327 e. The van der Waals surface area contributed by atoms with E-state index in [9.17, 15) is 0 Å². The molecule has 1 atom stereocenters. The standard InChI is InChI=1S/C17H23NO2/c1-16(2)10-17(3,4)15(20-5)13-11-8-6-7-9-12(11)18(19)14(13)16/h6-9,15,19H,10H2,1-5H3/t15-/m1/s1/i5D,19D. The number of hydrogen-bond acceptors (Lipinski definition) is 2. The van der Waals surface area contributed by atoms with Gasteiger partial charge in [-0.15, -0.1) is 0 Å². The van der Waals surface area contributed by atoms with E-state index in [-0.39, 0.29) is 24.0 Å². The van der Waals surface area contributed by atoms with Crippen LogP contribution in [0.4, 0.5) is 0 Å². The van der Waals surface area contributed by atoms with Gasteiger partial charge in [0, 0.05) is 23.5 Å². The third-order valence-corrected chi connectivity index (χ3v) is 4.55. The second kappa shape index (κ2) is 4.01. The van der Waals surface area contributed by atoms with Crippen LogP contribution in [-0.2, 0) is 10.2 Å². The third kappa shape index (κ3) is 1.62. The summed E-state index contributed by atoms with van der Waals surface area (Å²) in [5.41, 5.74) is 2.71. The van der Waals surface area contributed by atoms with Gasteiger partial charge in [-0.3, -0.25) is 0 Å². The topological polar surface area (TPSA) is 34.4 Å². The summed E-state index contributed by atoms with van der Waals surface area (Å²) in [4.78, 5) is 0. The Bertz CT molecular complexity index is 706. The lowest BCUT2D eigenvalue weighted by Gasteiger charge is -2.45. The fourth-order valence-electron chi connectivity index (χ4n) is 4.16. The number of para-hydroxylation sites is 1. The van der Waals surface area contributed by atoms with Gasteiger partial charge in [0.1, 0.15) is 0 Å². The molecule has 1 aliphatic rings. The van der Waals surface area contributed by atoms with Crippen molar-refractivity contribution in [3.8, 4) is 0 Å². The summed E-state index contributed by atoms with van der Waals surface area (Å²) in [6, 6.07) is 7.94. The molecule has 0 spiro atoms. The molecule has 3 nitrogen and oxygen atoms in total. The van der Waals surface area contributed by atoms with Crippen LogP contribution in [0.2, 0.25) is 1.43 Å². The Morgan fingerprint density at radius 1 is 1.35 bits per heavy atom. The van der Waals surface area contributed by atoms with Gasteiger partial charge in [-0.2, -0.15) is 4.73 Å². The molecule has 0 bridgehead atoms. The Labute approximate surface area is 123 Å². The summed E-state index contributed by atoms with van der Waals surface area (Å²) in [6.45, 7) is 8.73. The lowest BCUT2D eigenvalue weighted by atomic mass is 9.63. The molecule has 20 heavy (non-hydrogen) atoms. The highest BCUT2D eigenvalue weighted by Crippen LogP contribution is 2.55. The van der Waals surface area contributed by atoms with E-state index < -0.39 is 0 Å². The molecule has 1 aromatic heterocycles. The molecule has 108 valence electrons. The van der Waals surface area contributed by atoms with Crippen LogP contribution < -0.4 is 0 Å². The molecular weight excluding hydrogens is 250 g/mol. The summed E-state index contributed by atoms with van der Waals surface area (Å²) in [6.07, 6.45) is 0.728. The number of benzene rings is 1. The van der Waals surface area contributed by atoms with Crippen molar-refractivity contribution in [3.05, 3.63) is 35.5 Å². The van der Waals surface area contributed by atoms with Crippen molar-refractivity contribution in [2.75, 3.05) is 7.09 Å². The van der Waals surface area contributed by atoms with Crippen LogP contribution in [0.15, 0.2) is 24.3 Å². The van der Waals surface area contributed by atoms with Crippen molar-refractivity contribution < 1.29 is 12.7 Å². The molecule has 0 saturated carbocycles. The Morgan fingerprint density at radius 3 is 2.80 bits per heavy atom. The molecule has 0 fully saturated rings. The van der Waals surface area contributed by atoms with Crippen LogP contribution in [0.25, 0.3) is 10.9 Å². The first-order valence-corrected chi connectivity index (χ1v) is 7.02. The van der Waals surface area contributed by atoms with Gasteiger partial charge in [0.05, 0.1) is 18.7 Å². The van der Waals surface area contributed by atoms with Gasteiger partial charge in [0.25, 0.3) is 0 Å². The highest BCUT2D eigenvalue weighted by molar-refractivity contribution is 5.86. The van der Waals surface area contributed by atoms with Crippen molar-refractivity contribution in [1.82, 2.24) is 4.73 Å². The first-order valence-electron chi connectivity index (χ1n) is 8.13. The normalized spacial score (nSPS) is 24.9. The van der Waals surface area contributed by atoms with Crippen molar-refractivity contribution in [2.45, 2.75) is 45.6 Å². The molecule has 0 aliphatic heterocycles. The van der Waals surface area contributed by atoms with E-state index in [0.717, 1.165) is 28.6 Å². The Morgan fingerprint density at radius 2 is 2.10 bits per heavy atom. The molecular formula is C17H23NO2. The minimum Gasteiger partial charge on any atom is -0.428 e. The molecule has 2 aromatic rings. The minimum atomic E-state index is -0.172. The zero-order valence-electron chi connectivity index (χ0n) is 14.6. The van der Waals surface area contributed by atoms with Crippen LogP contribution in [0.5, 0.6) is 0 Å². The average Bonchev–Trinajstić information content (AvgIpc) is 2.77. The van der Waals surface area contributed by atoms with E-state index in [0.29, 0.717) is 0 Å². The fourth-order valence-corrected chi connectivity index (χ4v) is 4.16. The summed E-state index contributed by atoms with van der Waals surface area (Å²) >= 11 is 0. The summed E-state index contributed by atoms with van der Waals surface area (Å²) in [5.74, 6) is 0. The summed E-state index contributed by atoms with van der Waals surface area (Å²) < 4.78 is 22.5. The molecule has 0 saturated heterocycles. The molecule has 1 N–H and O–H groups in total. The molecule has 0 amide bonds. The monoisotopic (exact) mass is 275 g/mol. The molecule has 1 heterocycles. The lowest BCUT2D eigenvalue weighted by molar-refractivity contribution is -0.0256. The van der Waals surface area contributed by atoms with E-state index in [1.807, 2.05) is 24.3 Å². The average molecular weight is 275 g/mol. The number of fused-ring (bicyclic) bond motifs is 3. The van der Waals surface area contributed by atoms with Crippen LogP contribution >= 0.6 is 0 Å². The number of aromatic nitrogens is 1. The first kappa shape index (κ1) is 11.2. The second-order valence-electron chi connectivity index (χ2n) is 7.17. The van der Waals surface area contributed by atoms with Crippen molar-refractivity contribution in [1.29, 1.82) is 0 Å². The molecule has 3 heteroatoms. The second-order valence-corrected chi connectivity index (χ2v) is 7.17. The molecule has 0 unspecified atom stereocenters. The van der Waals surface area contributed by atoms with Crippen LogP contribution in [0.1, 0.15) is 52.8 Å². The molecule has 1 aliphatic carbocycles. The summed E-state index contributed by atoms with van der Waals surface area (Å²) in [5, 5.41) is 6.01. The van der Waals surface area contributed by atoms with Crippen LogP contribution in [0, 0.1) is 5.41 Å². The highest BCUT2D eigenvalue weighted by atomic mass is 16.5. The van der Waals surface area contributed by atoms with Crippen LogP contribution in [-0.4, -0.2) is 17.0 Å². The fraction of sp³-hybridized carbons (Fsp3) is 0.529. The van der Waals surface area contributed by atoms with E-state index in [1.54, 1.807) is 4.73 Å². The predicted molar refractivity (Wildman–Crippen MR) is 80.3 cm³/mol. The maximum atomic E-state index is 7.52. The Balaban J connectivity index is 2.40. The predicted octanol–water partition coefficient (Wildman–Crippen LogP) is 4.27. The first-order chi connectivity index (χ1) is 10.3. The number of methoxy groups -OCH3 is 1. The quantitative estimate of drug-likeness (QED) is 0.830. The van der Waals surface area contributed by atoms with Gasteiger partial charge < -0.3 is 9.95 Å². The molecule has 3 rings (SSSR count).